The highest BCUT2D eigenvalue weighted by Crippen LogP contribution is 2.05. The molecule has 0 aromatic heterocycles. The maximum absolute atomic E-state index is 11.8. The minimum absolute atomic E-state index is 0.298. The number of nitrogens with one attached hydrogen (secondary N) is 1. The molecule has 0 fully saturated rings. The third-order valence-electron chi connectivity index (χ3n) is 2.37. The summed E-state index contributed by atoms with van der Waals surface area (Å²) < 4.78 is 0. The van der Waals surface area contributed by atoms with Crippen LogP contribution in [0.2, 0.25) is 0 Å². The summed E-state index contributed by atoms with van der Waals surface area (Å²) >= 11 is 2.96. The van der Waals surface area contributed by atoms with Crippen LogP contribution in [-0.2, 0) is 4.79 Å². The smallest absolute Gasteiger partial charge is 0.328 e. The van der Waals surface area contributed by atoms with E-state index in [0.717, 1.165) is 5.56 Å². The Morgan fingerprint density at radius 1 is 1.32 bits per heavy atom. The van der Waals surface area contributed by atoms with Crippen LogP contribution in [0.3, 0.4) is 0 Å². The number of aliphatic hydroxyl groups is 1. The Bertz CT molecular complexity index is 528. The van der Waals surface area contributed by atoms with Gasteiger partial charge < -0.3 is 15.5 Å². The Morgan fingerprint density at radius 2 is 1.89 bits per heavy atom. The highest BCUT2D eigenvalue weighted by atomic mass is 79.9. The van der Waals surface area contributed by atoms with Gasteiger partial charge in [0, 0.05) is 27.1 Å². The van der Waals surface area contributed by atoms with Gasteiger partial charge in [0.05, 0.1) is 6.10 Å². The van der Waals surface area contributed by atoms with E-state index < -0.39 is 24.0 Å². The van der Waals surface area contributed by atoms with Crippen LogP contribution in [0.15, 0.2) is 24.3 Å². The van der Waals surface area contributed by atoms with Gasteiger partial charge in [0.2, 0.25) is 0 Å². The molecule has 100 valence electrons. The van der Waals surface area contributed by atoms with Crippen LogP contribution in [0.1, 0.15) is 22.8 Å². The molecule has 1 aromatic rings. The number of carbonyl (C=O) groups is 2. The molecule has 3 N–H and O–H groups in total. The van der Waals surface area contributed by atoms with Gasteiger partial charge in [0.1, 0.15) is 0 Å². The number of hydrogen-bond acceptors (Lipinski definition) is 3. The molecule has 2 unspecified atom stereocenters. The molecule has 1 amide bonds. The average molecular weight is 326 g/mol. The van der Waals surface area contributed by atoms with Crippen molar-refractivity contribution in [2.24, 2.45) is 0 Å². The Labute approximate surface area is 118 Å². The molecule has 0 spiro atoms. The first kappa shape index (κ1) is 15.2. The first-order valence-corrected chi connectivity index (χ1v) is 6.18. The standard InChI is InChI=1S/C13H12BrNO4/c1-8(16)11(13(18)19)15-12(17)10-4-2-9(3-5-10)6-7-14/h2-5,8,11,16H,1H3,(H,15,17)(H,18,19). The van der Waals surface area contributed by atoms with Crippen LogP contribution in [0, 0.1) is 10.8 Å². The molecule has 0 radical (unpaired) electrons. The lowest BCUT2D eigenvalue weighted by Crippen LogP contribution is -2.47. The van der Waals surface area contributed by atoms with Gasteiger partial charge in [-0.3, -0.25) is 4.79 Å². The van der Waals surface area contributed by atoms with Crippen LogP contribution >= 0.6 is 15.9 Å². The maximum Gasteiger partial charge on any atom is 0.328 e. The van der Waals surface area contributed by atoms with Crippen LogP contribution < -0.4 is 5.32 Å². The number of carbonyl (C=O) groups excluding carboxylic acids is 1. The number of benzene rings is 1. The monoisotopic (exact) mass is 325 g/mol. The number of halogens is 1. The van der Waals surface area contributed by atoms with Crippen LogP contribution in [0.5, 0.6) is 0 Å². The first-order chi connectivity index (χ1) is 8.95. The van der Waals surface area contributed by atoms with Gasteiger partial charge in [-0.1, -0.05) is 5.92 Å². The lowest BCUT2D eigenvalue weighted by atomic mass is 10.1. The molecule has 0 bridgehead atoms. The summed E-state index contributed by atoms with van der Waals surface area (Å²) in [6.07, 6.45) is -1.18. The fourth-order valence-electron chi connectivity index (χ4n) is 1.37. The minimum Gasteiger partial charge on any atom is -0.480 e. The van der Waals surface area contributed by atoms with Crippen molar-refractivity contribution < 1.29 is 19.8 Å². The third-order valence-corrected chi connectivity index (χ3v) is 2.57. The van der Waals surface area contributed by atoms with Crippen molar-refractivity contribution in [1.29, 1.82) is 0 Å². The van der Waals surface area contributed by atoms with E-state index in [1.165, 1.54) is 19.1 Å². The fourth-order valence-corrected chi connectivity index (χ4v) is 1.60. The number of rotatable bonds is 4. The topological polar surface area (TPSA) is 86.6 Å². The van der Waals surface area contributed by atoms with E-state index in [1.54, 1.807) is 12.1 Å². The van der Waals surface area contributed by atoms with E-state index in [0.29, 0.717) is 5.56 Å². The second kappa shape index (κ2) is 6.92. The van der Waals surface area contributed by atoms with Crippen molar-refractivity contribution in [3.05, 3.63) is 35.4 Å². The normalized spacial score (nSPS) is 12.8. The van der Waals surface area contributed by atoms with Gasteiger partial charge >= 0.3 is 5.97 Å². The molecular formula is C13H12BrNO4. The predicted octanol–water partition coefficient (Wildman–Crippen LogP) is 0.954. The van der Waals surface area contributed by atoms with Crippen molar-refractivity contribution >= 4 is 27.8 Å². The van der Waals surface area contributed by atoms with E-state index in [-0.39, 0.29) is 0 Å². The highest BCUT2D eigenvalue weighted by Gasteiger charge is 2.25. The summed E-state index contributed by atoms with van der Waals surface area (Å²) in [4.78, 5) is 25.2. The van der Waals surface area contributed by atoms with Crippen LogP contribution in [0.4, 0.5) is 0 Å². The molecule has 2 atom stereocenters. The summed E-state index contributed by atoms with van der Waals surface area (Å²) in [6.45, 7) is 1.30. The van der Waals surface area contributed by atoms with Gasteiger partial charge in [0.15, 0.2) is 6.04 Å². The molecular weight excluding hydrogens is 314 g/mol. The highest BCUT2D eigenvalue weighted by molar-refractivity contribution is 9.12. The van der Waals surface area contributed by atoms with Gasteiger partial charge in [-0.25, -0.2) is 4.79 Å². The largest absolute Gasteiger partial charge is 0.480 e. The Hall–Kier alpha value is -1.84. The van der Waals surface area contributed by atoms with E-state index >= 15 is 0 Å². The van der Waals surface area contributed by atoms with Gasteiger partial charge in [-0.05, 0) is 36.0 Å². The summed E-state index contributed by atoms with van der Waals surface area (Å²) in [6, 6.07) is 5.00. The van der Waals surface area contributed by atoms with Crippen molar-refractivity contribution in [1.82, 2.24) is 5.32 Å². The van der Waals surface area contributed by atoms with Crippen molar-refractivity contribution in [2.75, 3.05) is 0 Å². The zero-order valence-corrected chi connectivity index (χ0v) is 11.6. The first-order valence-electron chi connectivity index (χ1n) is 5.39. The molecule has 0 heterocycles. The number of aliphatic hydroxyl groups excluding tert-OH is 1. The lowest BCUT2D eigenvalue weighted by molar-refractivity contribution is -0.141. The summed E-state index contributed by atoms with van der Waals surface area (Å²) in [5.74, 6) is 0.902. The average Bonchev–Trinajstić information content (AvgIpc) is 2.36. The molecule has 1 aromatic carbocycles. The lowest BCUT2D eigenvalue weighted by Gasteiger charge is -2.16. The zero-order valence-electron chi connectivity index (χ0n) is 10.1. The molecule has 6 heteroatoms. The van der Waals surface area contributed by atoms with Crippen molar-refractivity contribution in [3.8, 4) is 10.8 Å². The molecule has 19 heavy (non-hydrogen) atoms. The second-order valence-electron chi connectivity index (χ2n) is 3.83. The number of carboxylic acids is 1. The zero-order chi connectivity index (χ0) is 14.4. The molecule has 5 nitrogen and oxygen atoms in total. The fraction of sp³-hybridized carbons (Fsp3) is 0.231. The van der Waals surface area contributed by atoms with Gasteiger partial charge in [-0.15, -0.1) is 0 Å². The maximum atomic E-state index is 11.8. The van der Waals surface area contributed by atoms with Crippen LogP contribution in [-0.4, -0.2) is 34.2 Å². The summed E-state index contributed by atoms with van der Waals surface area (Å²) in [7, 11) is 0. The van der Waals surface area contributed by atoms with E-state index in [9.17, 15) is 14.7 Å². The predicted molar refractivity (Wildman–Crippen MR) is 72.8 cm³/mol. The van der Waals surface area contributed by atoms with Gasteiger partial charge in [-0.2, -0.15) is 0 Å². The number of aliphatic carboxylic acids is 1. The molecule has 0 aliphatic heterocycles. The SMILES string of the molecule is CC(O)C(NC(=O)c1ccc(C#CBr)cc1)C(=O)O. The molecule has 0 saturated carbocycles. The van der Waals surface area contributed by atoms with E-state index in [2.05, 4.69) is 32.0 Å². The second-order valence-corrected chi connectivity index (χ2v) is 4.22. The summed E-state index contributed by atoms with van der Waals surface area (Å²) in [5, 5.41) is 20.4. The van der Waals surface area contributed by atoms with Crippen molar-refractivity contribution in [2.45, 2.75) is 19.1 Å². The summed E-state index contributed by atoms with van der Waals surface area (Å²) in [5.41, 5.74) is 1.02. The molecule has 0 saturated heterocycles. The van der Waals surface area contributed by atoms with Gasteiger partial charge in [0.25, 0.3) is 5.91 Å². The molecule has 0 aliphatic carbocycles. The van der Waals surface area contributed by atoms with E-state index in [1.807, 2.05) is 0 Å². The van der Waals surface area contributed by atoms with Crippen LogP contribution in [0.25, 0.3) is 0 Å². The Kier molecular flexibility index (Phi) is 5.55. The van der Waals surface area contributed by atoms with E-state index in [4.69, 9.17) is 5.11 Å². The number of hydrogen-bond donors (Lipinski definition) is 3. The molecule has 1 rings (SSSR count). The third kappa shape index (κ3) is 4.39. The number of carboxylic acid groups (broad SMARTS) is 1. The van der Waals surface area contributed by atoms with Crippen molar-refractivity contribution in [3.63, 3.8) is 0 Å². The Balaban J connectivity index is 2.82. The quantitative estimate of drug-likeness (QED) is 0.719. The minimum atomic E-state index is -1.34. The molecule has 0 aliphatic rings. The number of amides is 1. The Morgan fingerprint density at radius 3 is 2.32 bits per heavy atom.